The first-order valence-corrected chi connectivity index (χ1v) is 7.20. The van der Waals surface area contributed by atoms with Crippen LogP contribution in [-0.2, 0) is 20.7 Å². The number of esters is 1. The van der Waals surface area contributed by atoms with Crippen molar-refractivity contribution in [2.75, 3.05) is 13.2 Å². The highest BCUT2D eigenvalue weighted by molar-refractivity contribution is 5.69. The van der Waals surface area contributed by atoms with Gasteiger partial charge in [-0.25, -0.2) is 0 Å². The van der Waals surface area contributed by atoms with E-state index in [0.29, 0.717) is 25.6 Å². The number of hydrogen-bond acceptors (Lipinski definition) is 3. The van der Waals surface area contributed by atoms with Gasteiger partial charge >= 0.3 is 5.97 Å². The average Bonchev–Trinajstić information content (AvgIpc) is 2.34. The lowest BCUT2D eigenvalue weighted by Gasteiger charge is -2.19. The molecule has 3 heteroatoms. The number of carbonyl (C=O) groups is 1. The van der Waals surface area contributed by atoms with Crippen molar-refractivity contribution in [3.63, 3.8) is 0 Å². The van der Waals surface area contributed by atoms with Gasteiger partial charge in [-0.15, -0.1) is 0 Å². The zero-order valence-corrected chi connectivity index (χ0v) is 13.0. The van der Waals surface area contributed by atoms with Crippen LogP contribution in [0.5, 0.6) is 0 Å². The van der Waals surface area contributed by atoms with Crippen LogP contribution in [0, 0.1) is 5.92 Å². The Morgan fingerprint density at radius 2 is 1.85 bits per heavy atom. The molecule has 0 N–H and O–H groups in total. The third-order valence-corrected chi connectivity index (χ3v) is 2.70. The van der Waals surface area contributed by atoms with Crippen LogP contribution in [0.2, 0.25) is 0 Å². The molecule has 0 aliphatic rings. The van der Waals surface area contributed by atoms with Crippen molar-refractivity contribution < 1.29 is 14.3 Å². The first-order valence-electron chi connectivity index (χ1n) is 7.20. The molecular formula is C17H26O3. The average molecular weight is 278 g/mol. The number of hydrogen-bond donors (Lipinski definition) is 0. The molecule has 0 amide bonds. The summed E-state index contributed by atoms with van der Waals surface area (Å²) < 4.78 is 10.8. The molecule has 1 aromatic carbocycles. The molecule has 1 aromatic rings. The monoisotopic (exact) mass is 278 g/mol. The molecule has 0 fully saturated rings. The van der Waals surface area contributed by atoms with E-state index < -0.39 is 5.60 Å². The Morgan fingerprint density at radius 3 is 2.45 bits per heavy atom. The molecule has 0 heterocycles. The number of rotatable bonds is 7. The van der Waals surface area contributed by atoms with Gasteiger partial charge in [-0.1, -0.05) is 37.3 Å². The van der Waals surface area contributed by atoms with Crippen LogP contribution in [0.25, 0.3) is 0 Å². The van der Waals surface area contributed by atoms with Gasteiger partial charge in [0.15, 0.2) is 0 Å². The third kappa shape index (κ3) is 7.95. The molecule has 0 saturated heterocycles. The minimum absolute atomic E-state index is 0.201. The topological polar surface area (TPSA) is 35.5 Å². The molecule has 0 radical (unpaired) electrons. The lowest BCUT2D eigenvalue weighted by atomic mass is 10.0. The van der Waals surface area contributed by atoms with E-state index in [1.165, 1.54) is 5.56 Å². The number of benzene rings is 1. The van der Waals surface area contributed by atoms with Crippen LogP contribution in [0.3, 0.4) is 0 Å². The molecule has 0 spiro atoms. The van der Waals surface area contributed by atoms with Crippen LogP contribution in [0.4, 0.5) is 0 Å². The maximum absolute atomic E-state index is 11.5. The zero-order valence-electron chi connectivity index (χ0n) is 13.0. The minimum Gasteiger partial charge on any atom is -0.460 e. The van der Waals surface area contributed by atoms with Gasteiger partial charge in [0.05, 0.1) is 13.0 Å². The van der Waals surface area contributed by atoms with Crippen molar-refractivity contribution >= 4 is 5.97 Å². The predicted molar refractivity (Wildman–Crippen MR) is 80.6 cm³/mol. The van der Waals surface area contributed by atoms with Crippen molar-refractivity contribution in [2.24, 2.45) is 5.92 Å². The Balaban J connectivity index is 2.13. The summed E-state index contributed by atoms with van der Waals surface area (Å²) in [7, 11) is 0. The van der Waals surface area contributed by atoms with Crippen LogP contribution in [0.1, 0.15) is 39.7 Å². The summed E-state index contributed by atoms with van der Waals surface area (Å²) in [6.45, 7) is 8.85. The molecule has 0 bridgehead atoms. The fraction of sp³-hybridized carbons (Fsp3) is 0.588. The third-order valence-electron chi connectivity index (χ3n) is 2.70. The molecule has 20 heavy (non-hydrogen) atoms. The van der Waals surface area contributed by atoms with Gasteiger partial charge < -0.3 is 9.47 Å². The molecule has 0 aromatic heterocycles. The molecule has 112 valence electrons. The smallest absolute Gasteiger partial charge is 0.308 e. The van der Waals surface area contributed by atoms with Gasteiger partial charge in [0, 0.05) is 6.61 Å². The summed E-state index contributed by atoms with van der Waals surface area (Å²) in [6.07, 6.45) is 1.31. The molecule has 1 rings (SSSR count). The highest BCUT2D eigenvalue weighted by atomic mass is 16.6. The lowest BCUT2D eigenvalue weighted by molar-refractivity contribution is -0.156. The number of carbonyl (C=O) groups excluding carboxylic acids is 1. The Hall–Kier alpha value is -1.35. The zero-order chi connectivity index (χ0) is 15.0. The molecule has 0 aliphatic carbocycles. The SMILES string of the molecule is C[C@H](COCCC(=O)OC(C)(C)C)Cc1ccccc1. The molecule has 3 nitrogen and oxygen atoms in total. The fourth-order valence-corrected chi connectivity index (χ4v) is 1.91. The van der Waals surface area contributed by atoms with E-state index in [1.54, 1.807) is 0 Å². The predicted octanol–water partition coefficient (Wildman–Crippen LogP) is 3.61. The van der Waals surface area contributed by atoms with Crippen molar-refractivity contribution in [1.29, 1.82) is 0 Å². The maximum Gasteiger partial charge on any atom is 0.308 e. The summed E-state index contributed by atoms with van der Waals surface area (Å²) >= 11 is 0. The normalized spacial score (nSPS) is 13.0. The molecule has 1 atom stereocenters. The van der Waals surface area contributed by atoms with Crippen LogP contribution in [-0.4, -0.2) is 24.8 Å². The highest BCUT2D eigenvalue weighted by Crippen LogP contribution is 2.10. The Kier molecular flexibility index (Phi) is 6.73. The van der Waals surface area contributed by atoms with Crippen LogP contribution < -0.4 is 0 Å². The second-order valence-electron chi connectivity index (χ2n) is 6.21. The van der Waals surface area contributed by atoms with E-state index in [9.17, 15) is 4.79 Å². The van der Waals surface area contributed by atoms with Gasteiger partial charge in [0.25, 0.3) is 0 Å². The van der Waals surface area contributed by atoms with E-state index >= 15 is 0 Å². The summed E-state index contributed by atoms with van der Waals surface area (Å²) in [5.74, 6) is 0.240. The van der Waals surface area contributed by atoms with E-state index in [4.69, 9.17) is 9.47 Å². The molecule has 0 saturated carbocycles. The molecule has 0 aliphatic heterocycles. The molecule has 0 unspecified atom stereocenters. The summed E-state index contributed by atoms with van der Waals surface area (Å²) in [4.78, 5) is 11.5. The minimum atomic E-state index is -0.419. The maximum atomic E-state index is 11.5. The van der Waals surface area contributed by atoms with Crippen molar-refractivity contribution in [2.45, 2.75) is 46.1 Å². The van der Waals surface area contributed by atoms with Gasteiger partial charge in [0.1, 0.15) is 5.60 Å². The van der Waals surface area contributed by atoms with Gasteiger partial charge in [-0.2, -0.15) is 0 Å². The summed E-state index contributed by atoms with van der Waals surface area (Å²) in [5, 5.41) is 0. The van der Waals surface area contributed by atoms with Gasteiger partial charge in [-0.05, 0) is 38.7 Å². The van der Waals surface area contributed by atoms with Crippen LogP contribution in [0.15, 0.2) is 30.3 Å². The van der Waals surface area contributed by atoms with Gasteiger partial charge in [0.2, 0.25) is 0 Å². The van der Waals surface area contributed by atoms with E-state index in [2.05, 4.69) is 19.1 Å². The first kappa shape index (κ1) is 16.7. The lowest BCUT2D eigenvalue weighted by Crippen LogP contribution is -2.24. The second kappa shape index (κ2) is 8.05. The van der Waals surface area contributed by atoms with E-state index in [0.717, 1.165) is 6.42 Å². The van der Waals surface area contributed by atoms with Crippen molar-refractivity contribution in [1.82, 2.24) is 0 Å². The molecular weight excluding hydrogens is 252 g/mol. The van der Waals surface area contributed by atoms with Gasteiger partial charge in [-0.3, -0.25) is 4.79 Å². The quantitative estimate of drug-likeness (QED) is 0.564. The standard InChI is InChI=1S/C17H26O3/c1-14(12-15-8-6-5-7-9-15)13-19-11-10-16(18)20-17(2,3)4/h5-9,14H,10-13H2,1-4H3/t14-/m0/s1. The Bertz CT molecular complexity index is 392. The van der Waals surface area contributed by atoms with E-state index in [1.807, 2.05) is 39.0 Å². The summed E-state index contributed by atoms with van der Waals surface area (Å²) in [5.41, 5.74) is 0.897. The Morgan fingerprint density at radius 1 is 1.20 bits per heavy atom. The highest BCUT2D eigenvalue weighted by Gasteiger charge is 2.15. The fourth-order valence-electron chi connectivity index (χ4n) is 1.91. The summed E-state index contributed by atoms with van der Waals surface area (Å²) in [6, 6.07) is 10.4. The van der Waals surface area contributed by atoms with E-state index in [-0.39, 0.29) is 5.97 Å². The number of ether oxygens (including phenoxy) is 2. The van der Waals surface area contributed by atoms with Crippen molar-refractivity contribution in [3.05, 3.63) is 35.9 Å². The largest absolute Gasteiger partial charge is 0.460 e. The first-order chi connectivity index (χ1) is 9.37. The van der Waals surface area contributed by atoms with Crippen LogP contribution >= 0.6 is 0 Å². The van der Waals surface area contributed by atoms with Crippen molar-refractivity contribution in [3.8, 4) is 0 Å². The second-order valence-corrected chi connectivity index (χ2v) is 6.21. The Labute approximate surface area is 122 Å².